The molecule has 1 unspecified atom stereocenters. The predicted octanol–water partition coefficient (Wildman–Crippen LogP) is 6.67. The van der Waals surface area contributed by atoms with Gasteiger partial charge in [0.1, 0.15) is 11.8 Å². The van der Waals surface area contributed by atoms with Crippen LogP contribution < -0.4 is 10.1 Å². The van der Waals surface area contributed by atoms with Crippen molar-refractivity contribution in [2.45, 2.75) is 57.0 Å². The predicted molar refractivity (Wildman–Crippen MR) is 138 cm³/mol. The molecule has 0 saturated heterocycles. The molecule has 0 fully saturated rings. The molecule has 0 aliphatic carbocycles. The quantitative estimate of drug-likeness (QED) is 0.249. The normalized spacial score (nSPS) is 15.1. The van der Waals surface area contributed by atoms with E-state index in [2.05, 4.69) is 17.2 Å². The first-order valence-corrected chi connectivity index (χ1v) is 12.9. The van der Waals surface area contributed by atoms with Crippen molar-refractivity contribution >= 4 is 35.1 Å². The fourth-order valence-electron chi connectivity index (χ4n) is 4.00. The minimum absolute atomic E-state index is 0.00122. The van der Waals surface area contributed by atoms with Crippen molar-refractivity contribution < 1.29 is 9.53 Å². The highest BCUT2D eigenvalue weighted by atomic mass is 35.5. The second-order valence-corrected chi connectivity index (χ2v) is 9.64. The molecule has 1 atom stereocenters. The molecular weight excluding hydrogens is 468 g/mol. The maximum Gasteiger partial charge on any atom is 0.227 e. The number of carbonyl (C=O) groups excluding carboxylic acids is 1. The molecule has 1 aliphatic heterocycles. The zero-order valence-corrected chi connectivity index (χ0v) is 21.2. The third-order valence-electron chi connectivity index (χ3n) is 5.74. The molecule has 8 heteroatoms. The molecule has 1 N–H and O–H groups in total. The van der Waals surface area contributed by atoms with Gasteiger partial charge in [-0.2, -0.15) is 4.98 Å². The number of hydrogen-bond donors (Lipinski definition) is 1. The van der Waals surface area contributed by atoms with Crippen molar-refractivity contribution in [2.75, 3.05) is 11.9 Å². The van der Waals surface area contributed by atoms with Crippen LogP contribution in [0, 0.1) is 0 Å². The average molecular weight is 497 g/mol. The number of allylic oxidation sites excluding steroid dienone is 2. The molecule has 2 aromatic carbocycles. The topological polar surface area (TPSA) is 69.0 Å². The first-order valence-electron chi connectivity index (χ1n) is 11.5. The minimum atomic E-state index is -0.356. The highest BCUT2D eigenvalue weighted by Crippen LogP contribution is 2.37. The number of anilines is 1. The summed E-state index contributed by atoms with van der Waals surface area (Å²) in [6.45, 7) is 6.38. The number of fused-ring (bicyclic) bond motifs is 1. The number of ether oxygens (including phenoxy) is 1. The molecule has 0 radical (unpaired) electrons. The summed E-state index contributed by atoms with van der Waals surface area (Å²) in [5.41, 5.74) is 3.46. The Balaban J connectivity index is 1.58. The lowest BCUT2D eigenvalue weighted by Crippen LogP contribution is -2.27. The number of rotatable bonds is 10. The minimum Gasteiger partial charge on any atom is -0.494 e. The summed E-state index contributed by atoms with van der Waals surface area (Å²) in [6, 6.07) is 15.3. The summed E-state index contributed by atoms with van der Waals surface area (Å²) >= 11 is 7.82. The van der Waals surface area contributed by atoms with Crippen molar-refractivity contribution in [3.63, 3.8) is 0 Å². The summed E-state index contributed by atoms with van der Waals surface area (Å²) in [4.78, 5) is 17.3. The second kappa shape index (κ2) is 11.1. The monoisotopic (exact) mass is 496 g/mol. The molecule has 0 saturated carbocycles. The van der Waals surface area contributed by atoms with Crippen LogP contribution in [0.3, 0.4) is 0 Å². The van der Waals surface area contributed by atoms with E-state index < -0.39 is 0 Å². The Kier molecular flexibility index (Phi) is 7.95. The van der Waals surface area contributed by atoms with Gasteiger partial charge in [0.15, 0.2) is 5.78 Å². The van der Waals surface area contributed by atoms with E-state index in [0.29, 0.717) is 29.0 Å². The second-order valence-electron chi connectivity index (χ2n) is 8.29. The molecule has 178 valence electrons. The molecule has 2 heterocycles. The van der Waals surface area contributed by atoms with Gasteiger partial charge in [-0.25, -0.2) is 4.68 Å². The van der Waals surface area contributed by atoms with Gasteiger partial charge in [-0.1, -0.05) is 73.5 Å². The molecule has 4 rings (SSSR count). The molecule has 1 aliphatic rings. The summed E-state index contributed by atoms with van der Waals surface area (Å²) < 4.78 is 7.66. The van der Waals surface area contributed by atoms with Crippen LogP contribution in [0.2, 0.25) is 5.02 Å². The summed E-state index contributed by atoms with van der Waals surface area (Å²) in [7, 11) is 0. The number of benzene rings is 2. The number of thioether (sulfide) groups is 1. The van der Waals surface area contributed by atoms with Crippen LogP contribution in [0.4, 0.5) is 5.95 Å². The molecular formula is C26H29ClN4O2S. The van der Waals surface area contributed by atoms with Crippen molar-refractivity contribution in [2.24, 2.45) is 0 Å². The van der Waals surface area contributed by atoms with Gasteiger partial charge in [-0.3, -0.25) is 4.79 Å². The fourth-order valence-corrected chi connectivity index (χ4v) is 5.12. The van der Waals surface area contributed by atoms with Crippen LogP contribution in [-0.4, -0.2) is 27.2 Å². The van der Waals surface area contributed by atoms with E-state index in [1.54, 1.807) is 11.6 Å². The largest absolute Gasteiger partial charge is 0.494 e. The Morgan fingerprint density at radius 1 is 1.18 bits per heavy atom. The van der Waals surface area contributed by atoms with E-state index in [1.807, 2.05) is 55.5 Å². The summed E-state index contributed by atoms with van der Waals surface area (Å²) in [5, 5.41) is 9.37. The van der Waals surface area contributed by atoms with Crippen molar-refractivity contribution in [3.05, 3.63) is 76.0 Å². The maximum atomic E-state index is 12.6. The number of halogens is 1. The number of unbranched alkanes of at least 4 members (excludes halogenated alkanes) is 2. The average Bonchev–Trinajstić information content (AvgIpc) is 3.23. The van der Waals surface area contributed by atoms with E-state index in [-0.39, 0.29) is 11.8 Å². The van der Waals surface area contributed by atoms with Gasteiger partial charge in [0, 0.05) is 22.0 Å². The number of nitrogens with one attached hydrogen (secondary N) is 1. The molecule has 0 amide bonds. The lowest BCUT2D eigenvalue weighted by molar-refractivity contribution is -0.114. The van der Waals surface area contributed by atoms with Crippen molar-refractivity contribution in [1.82, 2.24) is 14.8 Å². The lowest BCUT2D eigenvalue weighted by atomic mass is 9.93. The van der Waals surface area contributed by atoms with E-state index >= 15 is 0 Å². The molecule has 3 aromatic rings. The number of aromatic nitrogens is 3. The molecule has 34 heavy (non-hydrogen) atoms. The standard InChI is InChI=1S/C26H29ClN4O2S/c1-4-5-8-15-33-21-13-11-19(12-14-21)24-23(18(3)32)17(2)28-25-29-26(30-31(24)25)34-16-20-9-6-7-10-22(20)27/h6-7,9-14,24H,4-5,8,15-16H2,1-3H3,(H,28,29,30). The first-order chi connectivity index (χ1) is 16.5. The third-order valence-corrected chi connectivity index (χ3v) is 6.99. The van der Waals surface area contributed by atoms with Crippen LogP contribution in [0.15, 0.2) is 65.0 Å². The van der Waals surface area contributed by atoms with Gasteiger partial charge in [0.05, 0.1) is 6.61 Å². The molecule has 0 bridgehead atoms. The van der Waals surface area contributed by atoms with E-state index in [4.69, 9.17) is 21.4 Å². The van der Waals surface area contributed by atoms with Crippen molar-refractivity contribution in [3.8, 4) is 5.75 Å². The number of carbonyl (C=O) groups is 1. The Hall–Kier alpha value is -2.77. The zero-order valence-electron chi connectivity index (χ0n) is 19.7. The lowest BCUT2D eigenvalue weighted by Gasteiger charge is -2.28. The van der Waals surface area contributed by atoms with Crippen molar-refractivity contribution in [1.29, 1.82) is 0 Å². The van der Waals surface area contributed by atoms with Gasteiger partial charge >= 0.3 is 0 Å². The SMILES string of the molecule is CCCCCOc1ccc(C2C(C(C)=O)=C(C)Nc3nc(SCc4ccccc4Cl)nn32)cc1. The van der Waals surface area contributed by atoms with Gasteiger partial charge in [0.2, 0.25) is 11.1 Å². The number of ketones is 1. The number of nitrogens with zero attached hydrogens (tertiary/aromatic N) is 3. The third kappa shape index (κ3) is 5.47. The van der Waals surface area contributed by atoms with E-state index in [9.17, 15) is 4.79 Å². The van der Waals surface area contributed by atoms with Crippen LogP contribution in [-0.2, 0) is 10.5 Å². The Bertz CT molecular complexity index is 1190. The summed E-state index contributed by atoms with van der Waals surface area (Å²) in [5.74, 6) is 2.10. The number of hydrogen-bond acceptors (Lipinski definition) is 6. The summed E-state index contributed by atoms with van der Waals surface area (Å²) in [6.07, 6.45) is 3.36. The molecule has 6 nitrogen and oxygen atoms in total. The van der Waals surface area contributed by atoms with Crippen LogP contribution >= 0.6 is 23.4 Å². The van der Waals surface area contributed by atoms with E-state index in [0.717, 1.165) is 46.9 Å². The molecule has 1 aromatic heterocycles. The maximum absolute atomic E-state index is 12.6. The van der Waals surface area contributed by atoms with Crippen LogP contribution in [0.1, 0.15) is 57.2 Å². The van der Waals surface area contributed by atoms with Crippen LogP contribution in [0.5, 0.6) is 5.75 Å². The first kappa shape index (κ1) is 24.4. The Morgan fingerprint density at radius 2 is 1.94 bits per heavy atom. The van der Waals surface area contributed by atoms with E-state index in [1.165, 1.54) is 11.8 Å². The highest BCUT2D eigenvalue weighted by Gasteiger charge is 2.32. The zero-order chi connectivity index (χ0) is 24.1. The van der Waals surface area contributed by atoms with Gasteiger partial charge in [-0.15, -0.1) is 5.10 Å². The highest BCUT2D eigenvalue weighted by molar-refractivity contribution is 7.98. The van der Waals surface area contributed by atoms with Gasteiger partial charge < -0.3 is 10.1 Å². The smallest absolute Gasteiger partial charge is 0.227 e. The van der Waals surface area contributed by atoms with Gasteiger partial charge in [-0.05, 0) is 49.6 Å². The molecule has 0 spiro atoms. The number of Topliss-reactive ketones (excluding diaryl/α,β-unsaturated/α-hetero) is 1. The Labute approximate surface area is 209 Å². The fraction of sp³-hybridized carbons (Fsp3) is 0.346. The van der Waals surface area contributed by atoms with Crippen LogP contribution in [0.25, 0.3) is 0 Å². The Morgan fingerprint density at radius 3 is 2.65 bits per heavy atom. The van der Waals surface area contributed by atoms with Gasteiger partial charge in [0.25, 0.3) is 0 Å².